The van der Waals surface area contributed by atoms with E-state index < -0.39 is 8.25 Å². The summed E-state index contributed by atoms with van der Waals surface area (Å²) in [5.74, 6) is 2.53. The summed E-state index contributed by atoms with van der Waals surface area (Å²) in [6.45, 7) is 0. The van der Waals surface area contributed by atoms with Gasteiger partial charge in [0, 0.05) is 10.1 Å². The molecule has 0 fully saturated rings. The summed E-state index contributed by atoms with van der Waals surface area (Å²) in [5.41, 5.74) is 0.938. The molecule has 0 unspecified atom stereocenters. The van der Waals surface area contributed by atoms with Gasteiger partial charge < -0.3 is 0 Å². The van der Waals surface area contributed by atoms with Crippen LogP contribution in [-0.4, -0.2) is 9.79 Å². The minimum atomic E-state index is -2.87. The molecule has 0 aliphatic heterocycles. The smallest absolute Gasteiger partial charge is 0.134 e. The normalized spacial score (nSPS) is 7.42. The molecule has 0 radical (unpaired) electrons. The highest BCUT2D eigenvalue weighted by atomic mass is 31.1. The van der Waals surface area contributed by atoms with Gasteiger partial charge in [-0.2, -0.15) is 0 Å². The van der Waals surface area contributed by atoms with E-state index >= 15 is 0 Å². The molecular weight excluding hydrogens is 175 g/mol. The molecule has 12 heavy (non-hydrogen) atoms. The van der Waals surface area contributed by atoms with Crippen LogP contribution in [0.3, 0.4) is 0 Å². The molecule has 0 saturated heterocycles. The maximum atomic E-state index is 8.70. The minimum Gasteiger partial charge on any atom is -0.134 e. The third-order valence-corrected chi connectivity index (χ3v) is 0.940. The van der Waals surface area contributed by atoms with Crippen LogP contribution in [0.5, 0.6) is 0 Å². The van der Waals surface area contributed by atoms with Crippen LogP contribution in [0.25, 0.3) is 0 Å². The van der Waals surface area contributed by atoms with E-state index in [0.29, 0.717) is 0 Å². The Labute approximate surface area is 71.6 Å². The zero-order chi connectivity index (χ0) is 9.40. The van der Waals surface area contributed by atoms with Crippen molar-refractivity contribution in [2.75, 3.05) is 0 Å². The largest absolute Gasteiger partial charge is 0.692 e. The van der Waals surface area contributed by atoms with E-state index in [1.807, 2.05) is 30.3 Å². The van der Waals surface area contributed by atoms with Crippen molar-refractivity contribution in [2.45, 2.75) is 0 Å². The molecule has 62 valence electrons. The van der Waals surface area contributed by atoms with Gasteiger partial charge in [-0.25, -0.2) is 0 Å². The van der Waals surface area contributed by atoms with Gasteiger partial charge in [-0.05, 0) is 12.1 Å². The molecule has 0 aromatic heterocycles. The van der Waals surface area contributed by atoms with Gasteiger partial charge in [0.25, 0.3) is 0 Å². The summed E-state index contributed by atoms with van der Waals surface area (Å²) >= 11 is 0. The summed E-state index contributed by atoms with van der Waals surface area (Å²) in [6, 6.07) is 9.60. The lowest BCUT2D eigenvalue weighted by atomic mass is 10.2. The van der Waals surface area contributed by atoms with Crippen LogP contribution in [0.2, 0.25) is 0 Å². The summed E-state index contributed by atoms with van der Waals surface area (Å²) in [5, 5.41) is 0. The van der Waals surface area contributed by atoms with E-state index in [0.717, 1.165) is 5.56 Å². The average Bonchev–Trinajstić information content (AvgIpc) is 2.05. The Balaban J connectivity index is 0.000000261. The highest BCUT2D eigenvalue weighted by Gasteiger charge is 1.93. The SMILES string of the molecule is C#Cc1ccccc1.O=[P+](O)O. The molecule has 3 nitrogen and oxygen atoms in total. The van der Waals surface area contributed by atoms with E-state index in [-0.39, 0.29) is 0 Å². The molecule has 1 aromatic carbocycles. The molecular formula is C8H8O3P+. The second-order valence-electron chi connectivity index (χ2n) is 1.76. The van der Waals surface area contributed by atoms with Crippen LogP contribution >= 0.6 is 8.25 Å². The van der Waals surface area contributed by atoms with Crippen LogP contribution in [0, 0.1) is 12.3 Å². The molecule has 0 amide bonds. The lowest BCUT2D eigenvalue weighted by Crippen LogP contribution is -1.66. The first-order chi connectivity index (χ1) is 5.66. The maximum Gasteiger partial charge on any atom is 0.692 e. The minimum absolute atomic E-state index is 0.938. The van der Waals surface area contributed by atoms with Gasteiger partial charge in [0.1, 0.15) is 0 Å². The molecule has 0 aliphatic carbocycles. The molecule has 1 rings (SSSR count). The topological polar surface area (TPSA) is 57.5 Å². The van der Waals surface area contributed by atoms with E-state index in [4.69, 9.17) is 20.8 Å². The molecule has 0 bridgehead atoms. The maximum absolute atomic E-state index is 8.70. The second-order valence-corrected chi connectivity index (χ2v) is 2.27. The fourth-order valence-electron chi connectivity index (χ4n) is 0.534. The summed E-state index contributed by atoms with van der Waals surface area (Å²) in [6.07, 6.45) is 5.10. The molecule has 2 N–H and O–H groups in total. The summed E-state index contributed by atoms with van der Waals surface area (Å²) in [7, 11) is -2.87. The number of hydrogen-bond acceptors (Lipinski definition) is 1. The van der Waals surface area contributed by atoms with Crippen LogP contribution < -0.4 is 0 Å². The van der Waals surface area contributed by atoms with Gasteiger partial charge >= 0.3 is 8.25 Å². The van der Waals surface area contributed by atoms with E-state index in [9.17, 15) is 0 Å². The van der Waals surface area contributed by atoms with Crippen molar-refractivity contribution in [3.8, 4) is 12.3 Å². The molecule has 0 saturated carbocycles. The molecule has 0 spiro atoms. The fourth-order valence-corrected chi connectivity index (χ4v) is 0.534. The standard InChI is InChI=1S/C8H6.HO3P/c1-2-8-6-4-3-5-7-8;1-4(2)3/h1,3-7H;(H-,1,2,3)/p+1. The number of terminal acetylenes is 1. The van der Waals surface area contributed by atoms with E-state index in [1.165, 1.54) is 0 Å². The van der Waals surface area contributed by atoms with E-state index in [1.54, 1.807) is 0 Å². The summed E-state index contributed by atoms with van der Waals surface area (Å²) < 4.78 is 8.70. The van der Waals surface area contributed by atoms with Gasteiger partial charge in [0.05, 0.1) is 0 Å². The highest BCUT2D eigenvalue weighted by Crippen LogP contribution is 1.98. The fraction of sp³-hybridized carbons (Fsp3) is 0. The lowest BCUT2D eigenvalue weighted by molar-refractivity contribution is 0.405. The number of rotatable bonds is 0. The molecule has 0 heterocycles. The lowest BCUT2D eigenvalue weighted by Gasteiger charge is -1.82. The summed E-state index contributed by atoms with van der Waals surface area (Å²) in [4.78, 5) is 14.2. The Bertz CT molecular complexity index is 272. The van der Waals surface area contributed by atoms with Gasteiger partial charge in [-0.3, -0.25) is 0 Å². The Morgan fingerprint density at radius 2 is 1.67 bits per heavy atom. The first kappa shape index (κ1) is 10.8. The quantitative estimate of drug-likeness (QED) is 0.470. The average molecular weight is 183 g/mol. The molecule has 0 atom stereocenters. The van der Waals surface area contributed by atoms with Crippen LogP contribution in [0.15, 0.2) is 30.3 Å². The zero-order valence-corrected chi connectivity index (χ0v) is 7.11. The van der Waals surface area contributed by atoms with Crippen LogP contribution in [0.4, 0.5) is 0 Å². The van der Waals surface area contributed by atoms with Gasteiger partial charge in [0.15, 0.2) is 0 Å². The monoisotopic (exact) mass is 183 g/mol. The Morgan fingerprint density at radius 3 is 1.92 bits per heavy atom. The predicted molar refractivity (Wildman–Crippen MR) is 46.4 cm³/mol. The Morgan fingerprint density at radius 1 is 1.25 bits per heavy atom. The number of hydrogen-bond donors (Lipinski definition) is 2. The zero-order valence-electron chi connectivity index (χ0n) is 6.21. The molecule has 4 heteroatoms. The Kier molecular flexibility index (Phi) is 5.86. The van der Waals surface area contributed by atoms with Gasteiger partial charge in [0.2, 0.25) is 0 Å². The van der Waals surface area contributed by atoms with Gasteiger partial charge in [-0.1, -0.05) is 24.1 Å². The van der Waals surface area contributed by atoms with Crippen molar-refractivity contribution in [3.63, 3.8) is 0 Å². The number of benzene rings is 1. The molecule has 1 aromatic rings. The van der Waals surface area contributed by atoms with Crippen molar-refractivity contribution in [1.29, 1.82) is 0 Å². The van der Waals surface area contributed by atoms with Gasteiger partial charge in [-0.15, -0.1) is 16.2 Å². The van der Waals surface area contributed by atoms with Crippen molar-refractivity contribution >= 4 is 8.25 Å². The van der Waals surface area contributed by atoms with Crippen molar-refractivity contribution in [1.82, 2.24) is 0 Å². The first-order valence-electron chi connectivity index (χ1n) is 3.03. The Hall–Kier alpha value is -1.20. The van der Waals surface area contributed by atoms with Crippen molar-refractivity contribution < 1.29 is 14.4 Å². The third-order valence-electron chi connectivity index (χ3n) is 0.940. The highest BCUT2D eigenvalue weighted by molar-refractivity contribution is 7.30. The van der Waals surface area contributed by atoms with Crippen molar-refractivity contribution in [2.24, 2.45) is 0 Å². The third kappa shape index (κ3) is 6.91. The predicted octanol–water partition coefficient (Wildman–Crippen LogP) is 1.30. The van der Waals surface area contributed by atoms with Crippen LogP contribution in [0.1, 0.15) is 5.56 Å². The van der Waals surface area contributed by atoms with E-state index in [2.05, 4.69) is 5.92 Å². The second kappa shape index (κ2) is 6.51. The van der Waals surface area contributed by atoms with Crippen LogP contribution in [-0.2, 0) is 4.57 Å². The van der Waals surface area contributed by atoms with Crippen molar-refractivity contribution in [3.05, 3.63) is 35.9 Å². The first-order valence-corrected chi connectivity index (χ1v) is 4.20. The molecule has 0 aliphatic rings.